The van der Waals surface area contributed by atoms with E-state index in [-0.39, 0.29) is 0 Å². The normalized spacial score (nSPS) is 11.3. The van der Waals surface area contributed by atoms with E-state index in [4.69, 9.17) is 11.6 Å². The quantitative estimate of drug-likeness (QED) is 0.484. The molecule has 25 heavy (non-hydrogen) atoms. The molecule has 0 bridgehead atoms. The van der Waals surface area contributed by atoms with Crippen molar-refractivity contribution in [2.45, 2.75) is 24.4 Å². The SMILES string of the molecule is CCn1c(SCc2cn3ccccc3n2)nnc1-c1ccccc1Cl. The van der Waals surface area contributed by atoms with Crippen LogP contribution in [0.15, 0.2) is 60.0 Å². The molecule has 126 valence electrons. The first kappa shape index (κ1) is 16.2. The Morgan fingerprint density at radius 3 is 2.72 bits per heavy atom. The number of thioether (sulfide) groups is 1. The molecule has 0 fully saturated rings. The second kappa shape index (κ2) is 6.90. The van der Waals surface area contributed by atoms with E-state index in [1.165, 1.54) is 0 Å². The van der Waals surface area contributed by atoms with E-state index in [0.717, 1.165) is 40.2 Å². The average Bonchev–Trinajstić information content (AvgIpc) is 3.23. The fourth-order valence-electron chi connectivity index (χ4n) is 2.72. The van der Waals surface area contributed by atoms with Crippen LogP contribution >= 0.6 is 23.4 Å². The van der Waals surface area contributed by atoms with Gasteiger partial charge in [-0.25, -0.2) is 4.98 Å². The van der Waals surface area contributed by atoms with E-state index in [2.05, 4.69) is 26.7 Å². The standard InChI is InChI=1S/C18H16ClN5S/c1-2-24-17(14-7-3-4-8-15(14)19)21-22-18(24)25-12-13-11-23-10-6-5-9-16(23)20-13/h3-11H,2,12H2,1H3. The summed E-state index contributed by atoms with van der Waals surface area (Å²) in [7, 11) is 0. The molecule has 0 saturated carbocycles. The molecule has 0 aliphatic rings. The Labute approximate surface area is 154 Å². The highest BCUT2D eigenvalue weighted by Gasteiger charge is 2.15. The molecule has 0 spiro atoms. The van der Waals surface area contributed by atoms with Crippen molar-refractivity contribution in [1.29, 1.82) is 0 Å². The predicted molar refractivity (Wildman–Crippen MR) is 101 cm³/mol. The maximum atomic E-state index is 6.31. The lowest BCUT2D eigenvalue weighted by Gasteiger charge is -2.07. The third-order valence-electron chi connectivity index (χ3n) is 3.91. The second-order valence-corrected chi connectivity index (χ2v) is 6.87. The van der Waals surface area contributed by atoms with Gasteiger partial charge in [0.2, 0.25) is 0 Å². The van der Waals surface area contributed by atoms with Crippen LogP contribution in [0.1, 0.15) is 12.6 Å². The third kappa shape index (κ3) is 3.15. The maximum absolute atomic E-state index is 6.31. The number of hydrogen-bond donors (Lipinski definition) is 0. The highest BCUT2D eigenvalue weighted by Crippen LogP contribution is 2.30. The van der Waals surface area contributed by atoms with E-state index in [0.29, 0.717) is 5.02 Å². The van der Waals surface area contributed by atoms with E-state index in [1.54, 1.807) is 11.8 Å². The number of fused-ring (bicyclic) bond motifs is 1. The number of nitrogens with zero attached hydrogens (tertiary/aromatic N) is 5. The van der Waals surface area contributed by atoms with Crippen LogP contribution in [0.3, 0.4) is 0 Å². The van der Waals surface area contributed by atoms with Crippen LogP contribution in [-0.4, -0.2) is 24.1 Å². The Kier molecular flexibility index (Phi) is 4.46. The minimum Gasteiger partial charge on any atom is -0.307 e. The molecule has 0 amide bonds. The Balaban J connectivity index is 1.60. The summed E-state index contributed by atoms with van der Waals surface area (Å²) in [5.74, 6) is 1.54. The molecule has 4 aromatic rings. The topological polar surface area (TPSA) is 48.0 Å². The van der Waals surface area contributed by atoms with Gasteiger partial charge in [-0.05, 0) is 31.2 Å². The first-order chi connectivity index (χ1) is 12.3. The fraction of sp³-hybridized carbons (Fsp3) is 0.167. The van der Waals surface area contributed by atoms with Crippen LogP contribution in [0.5, 0.6) is 0 Å². The molecule has 7 heteroatoms. The van der Waals surface area contributed by atoms with Crippen molar-refractivity contribution in [2.24, 2.45) is 0 Å². The second-order valence-electron chi connectivity index (χ2n) is 5.52. The van der Waals surface area contributed by atoms with Crippen LogP contribution in [0.4, 0.5) is 0 Å². The lowest BCUT2D eigenvalue weighted by Crippen LogP contribution is -2.00. The molecule has 0 aliphatic heterocycles. The van der Waals surface area contributed by atoms with Gasteiger partial charge in [0.1, 0.15) is 5.65 Å². The molecule has 5 nitrogen and oxygen atoms in total. The zero-order valence-corrected chi connectivity index (χ0v) is 15.2. The maximum Gasteiger partial charge on any atom is 0.191 e. The summed E-state index contributed by atoms with van der Waals surface area (Å²) in [4.78, 5) is 4.63. The smallest absolute Gasteiger partial charge is 0.191 e. The highest BCUT2D eigenvalue weighted by molar-refractivity contribution is 7.98. The number of hydrogen-bond acceptors (Lipinski definition) is 4. The molecular formula is C18H16ClN5S. The van der Waals surface area contributed by atoms with Gasteiger partial charge in [-0.3, -0.25) is 0 Å². The van der Waals surface area contributed by atoms with Crippen LogP contribution in [0.25, 0.3) is 17.0 Å². The van der Waals surface area contributed by atoms with Crippen molar-refractivity contribution in [2.75, 3.05) is 0 Å². The minimum atomic E-state index is 0.682. The van der Waals surface area contributed by atoms with E-state index >= 15 is 0 Å². The van der Waals surface area contributed by atoms with Crippen LogP contribution < -0.4 is 0 Å². The molecular weight excluding hydrogens is 354 g/mol. The largest absolute Gasteiger partial charge is 0.307 e. The first-order valence-corrected chi connectivity index (χ1v) is 9.36. The number of imidazole rings is 1. The molecule has 1 aromatic carbocycles. The summed E-state index contributed by atoms with van der Waals surface area (Å²) >= 11 is 7.95. The Bertz CT molecular complexity index is 990. The number of halogens is 1. The van der Waals surface area contributed by atoms with Gasteiger partial charge in [0.15, 0.2) is 11.0 Å². The molecule has 0 unspecified atom stereocenters. The van der Waals surface area contributed by atoms with Gasteiger partial charge in [0.25, 0.3) is 0 Å². The fourth-order valence-corrected chi connectivity index (χ4v) is 3.82. The Hall–Kier alpha value is -2.31. The van der Waals surface area contributed by atoms with E-state index in [9.17, 15) is 0 Å². The van der Waals surface area contributed by atoms with Crippen molar-refractivity contribution >= 4 is 29.0 Å². The van der Waals surface area contributed by atoms with Crippen molar-refractivity contribution in [3.63, 3.8) is 0 Å². The monoisotopic (exact) mass is 369 g/mol. The summed E-state index contributed by atoms with van der Waals surface area (Å²) in [5, 5.41) is 10.3. The number of pyridine rings is 1. The third-order valence-corrected chi connectivity index (χ3v) is 5.24. The molecule has 4 rings (SSSR count). The number of rotatable bonds is 5. The van der Waals surface area contributed by atoms with Crippen molar-refractivity contribution < 1.29 is 0 Å². The van der Waals surface area contributed by atoms with Gasteiger partial charge in [-0.15, -0.1) is 10.2 Å². The lowest BCUT2D eigenvalue weighted by atomic mass is 10.2. The van der Waals surface area contributed by atoms with Gasteiger partial charge >= 0.3 is 0 Å². The van der Waals surface area contributed by atoms with Crippen molar-refractivity contribution in [3.05, 3.63) is 65.6 Å². The van der Waals surface area contributed by atoms with Crippen LogP contribution in [0, 0.1) is 0 Å². The van der Waals surface area contributed by atoms with Crippen molar-refractivity contribution in [1.82, 2.24) is 24.1 Å². The molecule has 0 atom stereocenters. The zero-order chi connectivity index (χ0) is 17.2. The lowest BCUT2D eigenvalue weighted by molar-refractivity contribution is 0.687. The van der Waals surface area contributed by atoms with Gasteiger partial charge in [0.05, 0.1) is 10.7 Å². The first-order valence-electron chi connectivity index (χ1n) is 8.00. The highest BCUT2D eigenvalue weighted by atomic mass is 35.5. The minimum absolute atomic E-state index is 0.682. The van der Waals surface area contributed by atoms with Crippen LogP contribution in [0.2, 0.25) is 5.02 Å². The van der Waals surface area contributed by atoms with Crippen LogP contribution in [-0.2, 0) is 12.3 Å². The molecule has 3 heterocycles. The summed E-state index contributed by atoms with van der Waals surface area (Å²) in [6.45, 7) is 2.86. The van der Waals surface area contributed by atoms with Gasteiger partial charge in [-0.2, -0.15) is 0 Å². The van der Waals surface area contributed by atoms with Gasteiger partial charge in [-0.1, -0.05) is 41.6 Å². The summed E-state index contributed by atoms with van der Waals surface area (Å²) in [5.41, 5.74) is 2.87. The molecule has 0 N–H and O–H groups in total. The summed E-state index contributed by atoms with van der Waals surface area (Å²) in [6.07, 6.45) is 4.05. The summed E-state index contributed by atoms with van der Waals surface area (Å²) < 4.78 is 4.11. The molecule has 0 saturated heterocycles. The molecule has 0 aliphatic carbocycles. The molecule has 0 radical (unpaired) electrons. The van der Waals surface area contributed by atoms with E-state index in [1.807, 2.05) is 59.3 Å². The van der Waals surface area contributed by atoms with Gasteiger partial charge in [0, 0.05) is 30.3 Å². The molecule has 3 aromatic heterocycles. The Morgan fingerprint density at radius 1 is 1.08 bits per heavy atom. The summed E-state index contributed by atoms with van der Waals surface area (Å²) in [6, 6.07) is 13.7. The van der Waals surface area contributed by atoms with Crippen molar-refractivity contribution in [3.8, 4) is 11.4 Å². The van der Waals surface area contributed by atoms with Gasteiger partial charge < -0.3 is 8.97 Å². The average molecular weight is 370 g/mol. The zero-order valence-electron chi connectivity index (χ0n) is 13.6. The predicted octanol–water partition coefficient (Wildman–Crippen LogP) is 4.56. The Morgan fingerprint density at radius 2 is 1.92 bits per heavy atom. The van der Waals surface area contributed by atoms with E-state index < -0.39 is 0 Å². The number of aromatic nitrogens is 5. The number of benzene rings is 1.